The third-order valence-electron chi connectivity index (χ3n) is 5.43. The average molecular weight is 432 g/mol. The van der Waals surface area contributed by atoms with Crippen molar-refractivity contribution in [2.45, 2.75) is 30.2 Å². The van der Waals surface area contributed by atoms with Crippen LogP contribution in [0.2, 0.25) is 0 Å². The molecule has 2 heterocycles. The topological polar surface area (TPSA) is 84.0 Å². The molecule has 0 aliphatic carbocycles. The fourth-order valence-electron chi connectivity index (χ4n) is 3.95. The maximum Gasteiger partial charge on any atom is 0.324 e. The molecular formula is C21H21FN2O5S. The average Bonchev–Trinajstić information content (AvgIpc) is 3.39. The highest BCUT2D eigenvalue weighted by molar-refractivity contribution is 7.89. The van der Waals surface area contributed by atoms with Crippen LogP contribution < -0.4 is 4.90 Å². The minimum atomic E-state index is -4.20. The van der Waals surface area contributed by atoms with Gasteiger partial charge in [-0.3, -0.25) is 9.59 Å². The number of esters is 1. The van der Waals surface area contributed by atoms with Gasteiger partial charge in [0.15, 0.2) is 6.61 Å². The smallest absolute Gasteiger partial charge is 0.324 e. The molecule has 0 N–H and O–H groups in total. The molecule has 2 aromatic rings. The Morgan fingerprint density at radius 2 is 1.80 bits per heavy atom. The van der Waals surface area contributed by atoms with Gasteiger partial charge in [0.25, 0.3) is 5.91 Å². The van der Waals surface area contributed by atoms with E-state index in [2.05, 4.69) is 0 Å². The molecule has 0 radical (unpaired) electrons. The highest BCUT2D eigenvalue weighted by Gasteiger charge is 2.41. The minimum absolute atomic E-state index is 0.0872. The van der Waals surface area contributed by atoms with E-state index < -0.39 is 39.4 Å². The van der Waals surface area contributed by atoms with Crippen molar-refractivity contribution in [3.05, 3.63) is 59.9 Å². The van der Waals surface area contributed by atoms with Crippen molar-refractivity contribution >= 4 is 27.6 Å². The van der Waals surface area contributed by atoms with Gasteiger partial charge < -0.3 is 9.64 Å². The third-order valence-corrected chi connectivity index (χ3v) is 7.37. The quantitative estimate of drug-likeness (QED) is 0.676. The summed E-state index contributed by atoms with van der Waals surface area (Å²) < 4.78 is 45.9. The normalized spacial score (nSPS) is 19.0. The second-order valence-electron chi connectivity index (χ2n) is 7.24. The highest BCUT2D eigenvalue weighted by atomic mass is 32.2. The van der Waals surface area contributed by atoms with Gasteiger partial charge in [0.05, 0.1) is 0 Å². The molecule has 2 aromatic carbocycles. The fraction of sp³-hybridized carbons (Fsp3) is 0.333. The SMILES string of the molecule is O=C(OCC(=O)N1CCc2ccccc21)[C@@H]1CCCN1S(=O)(=O)c1ccccc1F. The number of sulfonamides is 1. The van der Waals surface area contributed by atoms with Gasteiger partial charge >= 0.3 is 5.97 Å². The first-order valence-electron chi connectivity index (χ1n) is 9.71. The zero-order valence-corrected chi connectivity index (χ0v) is 17.0. The summed E-state index contributed by atoms with van der Waals surface area (Å²) >= 11 is 0. The van der Waals surface area contributed by atoms with E-state index >= 15 is 0 Å². The number of benzene rings is 2. The lowest BCUT2D eigenvalue weighted by molar-refractivity contribution is -0.151. The van der Waals surface area contributed by atoms with Gasteiger partial charge in [-0.15, -0.1) is 0 Å². The van der Waals surface area contributed by atoms with Crippen molar-refractivity contribution in [1.82, 2.24) is 4.31 Å². The largest absolute Gasteiger partial charge is 0.454 e. The van der Waals surface area contributed by atoms with Crippen molar-refractivity contribution in [2.75, 3.05) is 24.6 Å². The Balaban J connectivity index is 1.43. The first-order valence-corrected chi connectivity index (χ1v) is 11.1. The van der Waals surface area contributed by atoms with Crippen molar-refractivity contribution in [1.29, 1.82) is 0 Å². The predicted molar refractivity (Wildman–Crippen MR) is 107 cm³/mol. The van der Waals surface area contributed by atoms with Gasteiger partial charge in [-0.25, -0.2) is 12.8 Å². The Kier molecular flexibility index (Phi) is 5.57. The van der Waals surface area contributed by atoms with Crippen LogP contribution in [-0.2, 0) is 30.8 Å². The number of para-hydroxylation sites is 1. The lowest BCUT2D eigenvalue weighted by atomic mass is 10.2. The van der Waals surface area contributed by atoms with Gasteiger partial charge in [-0.2, -0.15) is 4.31 Å². The van der Waals surface area contributed by atoms with Crippen LogP contribution in [0.25, 0.3) is 0 Å². The minimum Gasteiger partial charge on any atom is -0.454 e. The number of carbonyl (C=O) groups excluding carboxylic acids is 2. The zero-order valence-electron chi connectivity index (χ0n) is 16.2. The molecule has 0 saturated carbocycles. The van der Waals surface area contributed by atoms with Gasteiger partial charge in [-0.05, 0) is 43.0 Å². The summed E-state index contributed by atoms with van der Waals surface area (Å²) in [7, 11) is -4.20. The molecular weight excluding hydrogens is 411 g/mol. The molecule has 0 spiro atoms. The third kappa shape index (κ3) is 3.70. The number of halogens is 1. The van der Waals surface area contributed by atoms with Gasteiger partial charge in [-0.1, -0.05) is 30.3 Å². The van der Waals surface area contributed by atoms with E-state index in [1.54, 1.807) is 4.90 Å². The van der Waals surface area contributed by atoms with Crippen molar-refractivity contribution in [3.63, 3.8) is 0 Å². The van der Waals surface area contributed by atoms with Crippen LogP contribution in [0.15, 0.2) is 53.4 Å². The molecule has 2 aliphatic rings. The molecule has 4 rings (SSSR count). The van der Waals surface area contributed by atoms with E-state index in [4.69, 9.17) is 4.74 Å². The Morgan fingerprint density at radius 1 is 1.07 bits per heavy atom. The molecule has 0 aromatic heterocycles. The summed E-state index contributed by atoms with van der Waals surface area (Å²) in [6, 6.07) is 11.5. The van der Waals surface area contributed by atoms with Crippen LogP contribution in [-0.4, -0.2) is 50.3 Å². The first kappa shape index (κ1) is 20.5. The number of carbonyl (C=O) groups is 2. The van der Waals surface area contributed by atoms with Gasteiger partial charge in [0.2, 0.25) is 10.0 Å². The fourth-order valence-corrected chi connectivity index (χ4v) is 5.66. The number of hydrogen-bond acceptors (Lipinski definition) is 5. The molecule has 30 heavy (non-hydrogen) atoms. The Labute approximate surface area is 174 Å². The maximum absolute atomic E-state index is 14.0. The Morgan fingerprint density at radius 3 is 2.60 bits per heavy atom. The monoisotopic (exact) mass is 432 g/mol. The number of fused-ring (bicyclic) bond motifs is 1. The Bertz CT molecular complexity index is 1090. The number of nitrogens with zero attached hydrogens (tertiary/aromatic N) is 2. The molecule has 1 atom stereocenters. The summed E-state index contributed by atoms with van der Waals surface area (Å²) in [5, 5.41) is 0. The van der Waals surface area contributed by atoms with Crippen LogP contribution in [0.1, 0.15) is 18.4 Å². The van der Waals surface area contributed by atoms with Gasteiger partial charge in [0.1, 0.15) is 16.8 Å². The lowest BCUT2D eigenvalue weighted by Crippen LogP contribution is -2.43. The van der Waals surface area contributed by atoms with E-state index in [0.717, 1.165) is 28.0 Å². The molecule has 158 valence electrons. The van der Waals surface area contributed by atoms with E-state index in [-0.39, 0.29) is 18.9 Å². The summed E-state index contributed by atoms with van der Waals surface area (Å²) in [6.45, 7) is 0.119. The van der Waals surface area contributed by atoms with Crippen LogP contribution in [0.3, 0.4) is 0 Å². The van der Waals surface area contributed by atoms with Crippen LogP contribution >= 0.6 is 0 Å². The Hall–Kier alpha value is -2.78. The lowest BCUT2D eigenvalue weighted by Gasteiger charge is -2.23. The molecule has 0 bridgehead atoms. The zero-order chi connectivity index (χ0) is 21.3. The second-order valence-corrected chi connectivity index (χ2v) is 9.09. The number of ether oxygens (including phenoxy) is 1. The van der Waals surface area contributed by atoms with Crippen molar-refractivity contribution in [3.8, 4) is 0 Å². The van der Waals surface area contributed by atoms with Crippen LogP contribution in [0.5, 0.6) is 0 Å². The predicted octanol–water partition coefficient (Wildman–Crippen LogP) is 2.11. The molecule has 1 fully saturated rings. The number of rotatable bonds is 5. The molecule has 1 amide bonds. The highest BCUT2D eigenvalue weighted by Crippen LogP contribution is 2.29. The van der Waals surface area contributed by atoms with E-state index in [9.17, 15) is 22.4 Å². The first-order chi connectivity index (χ1) is 14.4. The molecule has 2 aliphatic heterocycles. The van der Waals surface area contributed by atoms with E-state index in [1.807, 2.05) is 24.3 Å². The van der Waals surface area contributed by atoms with Crippen LogP contribution in [0, 0.1) is 5.82 Å². The number of anilines is 1. The molecule has 0 unspecified atom stereocenters. The maximum atomic E-state index is 14.0. The standard InChI is InChI=1S/C21H21FN2O5S/c22-16-7-2-4-10-19(16)30(27,28)24-12-5-9-18(24)21(26)29-14-20(25)23-13-11-15-6-1-3-8-17(15)23/h1-4,6-8,10,18H,5,9,11-14H2/t18-/m0/s1. The van der Waals surface area contributed by atoms with Crippen LogP contribution in [0.4, 0.5) is 10.1 Å². The van der Waals surface area contributed by atoms with E-state index in [0.29, 0.717) is 13.0 Å². The van der Waals surface area contributed by atoms with Crippen molar-refractivity contribution in [2.24, 2.45) is 0 Å². The second kappa shape index (κ2) is 8.16. The summed E-state index contributed by atoms with van der Waals surface area (Å²) in [5.41, 5.74) is 1.85. The molecule has 7 nitrogen and oxygen atoms in total. The van der Waals surface area contributed by atoms with Gasteiger partial charge in [0, 0.05) is 18.8 Å². The van der Waals surface area contributed by atoms with Crippen molar-refractivity contribution < 1.29 is 27.1 Å². The number of hydrogen-bond donors (Lipinski definition) is 0. The molecule has 9 heteroatoms. The number of amides is 1. The summed E-state index contributed by atoms with van der Waals surface area (Å²) in [6.07, 6.45) is 1.43. The summed E-state index contributed by atoms with van der Waals surface area (Å²) in [5.74, 6) is -2.04. The van der Waals surface area contributed by atoms with E-state index in [1.165, 1.54) is 18.2 Å². The summed E-state index contributed by atoms with van der Waals surface area (Å²) in [4.78, 5) is 26.2. The molecule has 1 saturated heterocycles.